The number of ether oxygens (including phenoxy) is 1. The predicted molar refractivity (Wildman–Crippen MR) is 96.9 cm³/mol. The zero-order valence-corrected chi connectivity index (χ0v) is 15.4. The van der Waals surface area contributed by atoms with Crippen molar-refractivity contribution in [1.82, 2.24) is 9.80 Å². The van der Waals surface area contributed by atoms with E-state index in [1.807, 2.05) is 23.1 Å². The van der Waals surface area contributed by atoms with Gasteiger partial charge in [0.2, 0.25) is 5.91 Å². The smallest absolute Gasteiger partial charge is 0.372 e. The number of alkyl halides is 3. The van der Waals surface area contributed by atoms with Crippen LogP contribution in [0, 0.1) is 0 Å². The third kappa shape index (κ3) is 5.92. The van der Waals surface area contributed by atoms with Crippen molar-refractivity contribution >= 4 is 11.6 Å². The van der Waals surface area contributed by atoms with Gasteiger partial charge in [0.05, 0.1) is 6.54 Å². The molecule has 2 heterocycles. The maximum Gasteiger partial charge on any atom is 0.411 e. The van der Waals surface area contributed by atoms with Gasteiger partial charge in [0.1, 0.15) is 6.61 Å². The van der Waals surface area contributed by atoms with Gasteiger partial charge in [0, 0.05) is 51.6 Å². The molecule has 0 bridgehead atoms. The molecule has 2 aliphatic heterocycles. The number of halogens is 3. The monoisotopic (exact) mass is 385 g/mol. The summed E-state index contributed by atoms with van der Waals surface area (Å²) in [5, 5.41) is 0. The van der Waals surface area contributed by atoms with E-state index < -0.39 is 12.8 Å². The Bertz CT molecular complexity index is 631. The van der Waals surface area contributed by atoms with Crippen molar-refractivity contribution in [3.05, 3.63) is 29.8 Å². The van der Waals surface area contributed by atoms with Crippen LogP contribution in [-0.4, -0.2) is 80.9 Å². The SMILES string of the molecule is O=C(CN1CCN(CCCOCC(F)(F)F)CC1)N1CCc2ccccc21. The first-order valence-electron chi connectivity index (χ1n) is 9.40. The molecule has 8 heteroatoms. The molecule has 0 aliphatic carbocycles. The van der Waals surface area contributed by atoms with Gasteiger partial charge < -0.3 is 14.5 Å². The first kappa shape index (κ1) is 20.1. The lowest BCUT2D eigenvalue weighted by Gasteiger charge is -2.35. The summed E-state index contributed by atoms with van der Waals surface area (Å²) in [6.07, 6.45) is -2.76. The average molecular weight is 385 g/mol. The lowest BCUT2D eigenvalue weighted by molar-refractivity contribution is -0.174. The number of anilines is 1. The van der Waals surface area contributed by atoms with Crippen LogP contribution in [0.1, 0.15) is 12.0 Å². The Morgan fingerprint density at radius 1 is 1.04 bits per heavy atom. The Hall–Kier alpha value is -1.64. The number of piperazine rings is 1. The molecule has 5 nitrogen and oxygen atoms in total. The highest BCUT2D eigenvalue weighted by molar-refractivity contribution is 5.96. The van der Waals surface area contributed by atoms with E-state index in [0.29, 0.717) is 13.0 Å². The Morgan fingerprint density at radius 2 is 1.74 bits per heavy atom. The van der Waals surface area contributed by atoms with E-state index in [-0.39, 0.29) is 12.5 Å². The molecule has 0 aromatic heterocycles. The summed E-state index contributed by atoms with van der Waals surface area (Å²) < 4.78 is 40.7. The molecule has 27 heavy (non-hydrogen) atoms. The molecular formula is C19H26F3N3O2. The van der Waals surface area contributed by atoms with Gasteiger partial charge >= 0.3 is 6.18 Å². The Balaban J connectivity index is 1.33. The van der Waals surface area contributed by atoms with E-state index in [0.717, 1.165) is 51.4 Å². The van der Waals surface area contributed by atoms with Crippen LogP contribution in [0.5, 0.6) is 0 Å². The lowest BCUT2D eigenvalue weighted by Crippen LogP contribution is -2.50. The number of carbonyl (C=O) groups is 1. The highest BCUT2D eigenvalue weighted by Gasteiger charge is 2.28. The standard InChI is InChI=1S/C19H26F3N3O2/c20-19(21,22)15-27-13-3-7-23-9-11-24(12-10-23)14-18(26)25-8-6-16-4-1-2-5-17(16)25/h1-2,4-5H,3,6-15H2. The van der Waals surface area contributed by atoms with Crippen molar-refractivity contribution < 1.29 is 22.7 Å². The summed E-state index contributed by atoms with van der Waals surface area (Å²) in [5.41, 5.74) is 2.25. The van der Waals surface area contributed by atoms with E-state index in [2.05, 4.69) is 20.6 Å². The minimum absolute atomic E-state index is 0.118. The number of hydrogen-bond acceptors (Lipinski definition) is 4. The van der Waals surface area contributed by atoms with Gasteiger partial charge in [-0.25, -0.2) is 0 Å². The van der Waals surface area contributed by atoms with Crippen LogP contribution in [-0.2, 0) is 16.0 Å². The molecule has 0 saturated carbocycles. The van der Waals surface area contributed by atoms with E-state index >= 15 is 0 Å². The zero-order valence-electron chi connectivity index (χ0n) is 15.4. The van der Waals surface area contributed by atoms with Crippen LogP contribution in [0.4, 0.5) is 18.9 Å². The molecule has 2 aliphatic rings. The molecule has 0 spiro atoms. The number of hydrogen-bond donors (Lipinski definition) is 0. The van der Waals surface area contributed by atoms with Crippen LogP contribution in [0.3, 0.4) is 0 Å². The van der Waals surface area contributed by atoms with Gasteiger partial charge in [-0.1, -0.05) is 18.2 Å². The summed E-state index contributed by atoms with van der Waals surface area (Å²) in [6.45, 7) is 4.06. The van der Waals surface area contributed by atoms with Crippen LogP contribution in [0.15, 0.2) is 24.3 Å². The quantitative estimate of drug-likeness (QED) is 0.674. The summed E-state index contributed by atoms with van der Waals surface area (Å²) >= 11 is 0. The van der Waals surface area contributed by atoms with Gasteiger partial charge in [-0.15, -0.1) is 0 Å². The second kappa shape index (κ2) is 9.03. The minimum atomic E-state index is -4.26. The first-order chi connectivity index (χ1) is 12.9. The molecule has 1 aromatic carbocycles. The van der Waals surface area contributed by atoms with Gasteiger partial charge in [-0.05, 0) is 24.5 Å². The van der Waals surface area contributed by atoms with Gasteiger partial charge in [0.25, 0.3) is 0 Å². The zero-order chi connectivity index (χ0) is 19.3. The van der Waals surface area contributed by atoms with Crippen molar-refractivity contribution in [3.8, 4) is 0 Å². The maximum atomic E-state index is 12.6. The van der Waals surface area contributed by atoms with Crippen LogP contribution in [0.2, 0.25) is 0 Å². The second-order valence-corrected chi connectivity index (χ2v) is 7.06. The highest BCUT2D eigenvalue weighted by Crippen LogP contribution is 2.27. The average Bonchev–Trinajstić information content (AvgIpc) is 3.06. The molecule has 0 unspecified atom stereocenters. The fourth-order valence-corrected chi connectivity index (χ4v) is 3.62. The summed E-state index contributed by atoms with van der Waals surface area (Å²) in [7, 11) is 0. The minimum Gasteiger partial charge on any atom is -0.372 e. The lowest BCUT2D eigenvalue weighted by atomic mass is 10.2. The molecule has 3 rings (SSSR count). The molecule has 1 fully saturated rings. The molecule has 0 radical (unpaired) electrons. The number of nitrogens with zero attached hydrogens (tertiary/aromatic N) is 3. The van der Waals surface area contributed by atoms with E-state index in [1.54, 1.807) is 0 Å². The fraction of sp³-hybridized carbons (Fsp3) is 0.632. The van der Waals surface area contributed by atoms with Crippen molar-refractivity contribution in [2.24, 2.45) is 0 Å². The molecule has 1 aromatic rings. The molecule has 0 atom stereocenters. The number of amides is 1. The predicted octanol–water partition coefficient (Wildman–Crippen LogP) is 2.16. The Morgan fingerprint density at radius 3 is 2.48 bits per heavy atom. The van der Waals surface area contributed by atoms with Crippen LogP contribution < -0.4 is 4.90 Å². The van der Waals surface area contributed by atoms with Gasteiger partial charge in [0.15, 0.2) is 0 Å². The molecule has 1 amide bonds. The van der Waals surface area contributed by atoms with Crippen molar-refractivity contribution in [2.75, 3.05) is 63.9 Å². The van der Waals surface area contributed by atoms with Crippen molar-refractivity contribution in [2.45, 2.75) is 19.0 Å². The Kier molecular flexibility index (Phi) is 6.73. The fourth-order valence-electron chi connectivity index (χ4n) is 3.62. The summed E-state index contributed by atoms with van der Waals surface area (Å²) in [6, 6.07) is 8.03. The third-order valence-electron chi connectivity index (χ3n) is 5.04. The van der Waals surface area contributed by atoms with E-state index in [1.165, 1.54) is 5.56 Å². The van der Waals surface area contributed by atoms with Crippen LogP contribution >= 0.6 is 0 Å². The van der Waals surface area contributed by atoms with Gasteiger partial charge in [-0.2, -0.15) is 13.2 Å². The number of benzene rings is 1. The summed E-state index contributed by atoms with van der Waals surface area (Å²) in [4.78, 5) is 18.9. The number of fused-ring (bicyclic) bond motifs is 1. The van der Waals surface area contributed by atoms with Crippen molar-refractivity contribution in [1.29, 1.82) is 0 Å². The highest BCUT2D eigenvalue weighted by atomic mass is 19.4. The van der Waals surface area contributed by atoms with Crippen LogP contribution in [0.25, 0.3) is 0 Å². The number of para-hydroxylation sites is 1. The maximum absolute atomic E-state index is 12.6. The Labute approximate surface area is 157 Å². The molecule has 1 saturated heterocycles. The molecule has 0 N–H and O–H groups in total. The second-order valence-electron chi connectivity index (χ2n) is 7.06. The molecule has 150 valence electrons. The topological polar surface area (TPSA) is 36.0 Å². The normalized spacial score (nSPS) is 18.7. The van der Waals surface area contributed by atoms with Gasteiger partial charge in [-0.3, -0.25) is 9.69 Å². The van der Waals surface area contributed by atoms with E-state index in [9.17, 15) is 18.0 Å². The number of carbonyl (C=O) groups excluding carboxylic acids is 1. The number of rotatable bonds is 7. The largest absolute Gasteiger partial charge is 0.411 e. The van der Waals surface area contributed by atoms with E-state index in [4.69, 9.17) is 0 Å². The summed E-state index contributed by atoms with van der Waals surface area (Å²) in [5.74, 6) is 0.133. The van der Waals surface area contributed by atoms with Crippen molar-refractivity contribution in [3.63, 3.8) is 0 Å². The first-order valence-corrected chi connectivity index (χ1v) is 9.40. The molecular weight excluding hydrogens is 359 g/mol. The third-order valence-corrected chi connectivity index (χ3v) is 5.04.